The minimum atomic E-state index is 0.438. The molecule has 0 radical (unpaired) electrons. The third-order valence-corrected chi connectivity index (χ3v) is 3.79. The Morgan fingerprint density at radius 2 is 1.96 bits per heavy atom. The van der Waals surface area contributed by atoms with E-state index in [9.17, 15) is 0 Å². The van der Waals surface area contributed by atoms with Gasteiger partial charge in [-0.25, -0.2) is 5.10 Å². The molecule has 4 rings (SSSR count). The SMILES string of the molecule is S=c1[nH]nc(-c2ccncc2)n1N=Cc1c[nH]c2ccccc12. The van der Waals surface area contributed by atoms with Crippen LogP contribution in [0.3, 0.4) is 0 Å². The molecule has 0 spiro atoms. The minimum Gasteiger partial charge on any atom is -0.361 e. The summed E-state index contributed by atoms with van der Waals surface area (Å²) in [5.41, 5.74) is 2.95. The van der Waals surface area contributed by atoms with Gasteiger partial charge in [-0.2, -0.15) is 14.9 Å². The van der Waals surface area contributed by atoms with Crippen molar-refractivity contribution in [1.82, 2.24) is 24.8 Å². The molecule has 0 saturated heterocycles. The van der Waals surface area contributed by atoms with Crippen LogP contribution in [0.1, 0.15) is 5.56 Å². The molecule has 0 aliphatic heterocycles. The van der Waals surface area contributed by atoms with E-state index < -0.39 is 0 Å². The number of fused-ring (bicyclic) bond motifs is 1. The molecule has 0 aliphatic carbocycles. The van der Waals surface area contributed by atoms with Crippen LogP contribution in [0.5, 0.6) is 0 Å². The van der Waals surface area contributed by atoms with Crippen molar-refractivity contribution in [3.63, 3.8) is 0 Å². The summed E-state index contributed by atoms with van der Waals surface area (Å²) in [6, 6.07) is 11.8. The maximum absolute atomic E-state index is 5.27. The zero-order valence-corrected chi connectivity index (χ0v) is 12.8. The fraction of sp³-hybridized carbons (Fsp3) is 0. The average molecular weight is 320 g/mol. The second-order valence-corrected chi connectivity index (χ2v) is 5.32. The molecule has 0 aliphatic rings. The number of aromatic nitrogens is 5. The van der Waals surface area contributed by atoms with Gasteiger partial charge >= 0.3 is 0 Å². The number of benzene rings is 1. The lowest BCUT2D eigenvalue weighted by atomic mass is 10.2. The summed E-state index contributed by atoms with van der Waals surface area (Å²) in [4.78, 5) is 7.23. The highest BCUT2D eigenvalue weighted by Gasteiger charge is 2.08. The fourth-order valence-electron chi connectivity index (χ4n) is 2.41. The Morgan fingerprint density at radius 1 is 1.13 bits per heavy atom. The van der Waals surface area contributed by atoms with Gasteiger partial charge in [0.15, 0.2) is 5.82 Å². The van der Waals surface area contributed by atoms with Gasteiger partial charge in [0.1, 0.15) is 0 Å². The van der Waals surface area contributed by atoms with Crippen LogP contribution in [0.4, 0.5) is 0 Å². The number of hydrogen-bond acceptors (Lipinski definition) is 4. The third kappa shape index (κ3) is 2.47. The molecule has 23 heavy (non-hydrogen) atoms. The number of nitrogens with zero attached hydrogens (tertiary/aromatic N) is 4. The molecule has 112 valence electrons. The first-order valence-corrected chi connectivity index (χ1v) is 7.42. The Hall–Kier alpha value is -3.06. The summed E-state index contributed by atoms with van der Waals surface area (Å²) in [7, 11) is 0. The summed E-state index contributed by atoms with van der Waals surface area (Å²) in [5.74, 6) is 0.647. The molecular formula is C16H12N6S. The van der Waals surface area contributed by atoms with Gasteiger partial charge in [-0.05, 0) is 30.4 Å². The molecule has 0 atom stereocenters. The number of H-pyrrole nitrogens is 2. The van der Waals surface area contributed by atoms with Crippen LogP contribution in [0, 0.1) is 4.77 Å². The van der Waals surface area contributed by atoms with Crippen molar-refractivity contribution in [3.05, 3.63) is 65.3 Å². The summed E-state index contributed by atoms with van der Waals surface area (Å²) in [5, 5.41) is 12.6. The number of hydrogen-bond donors (Lipinski definition) is 2. The van der Waals surface area contributed by atoms with E-state index in [-0.39, 0.29) is 0 Å². The first kappa shape index (κ1) is 13.6. The van der Waals surface area contributed by atoms with Crippen LogP contribution < -0.4 is 0 Å². The smallest absolute Gasteiger partial charge is 0.216 e. The van der Waals surface area contributed by atoms with E-state index in [1.807, 2.05) is 42.6 Å². The zero-order valence-electron chi connectivity index (χ0n) is 12.0. The van der Waals surface area contributed by atoms with Gasteiger partial charge in [0.2, 0.25) is 4.77 Å². The van der Waals surface area contributed by atoms with Crippen molar-refractivity contribution in [3.8, 4) is 11.4 Å². The number of para-hydroxylation sites is 1. The second kappa shape index (κ2) is 5.62. The predicted octanol–water partition coefficient (Wildman–Crippen LogP) is 3.37. The Bertz CT molecular complexity index is 1040. The van der Waals surface area contributed by atoms with Crippen LogP contribution >= 0.6 is 12.2 Å². The molecule has 3 heterocycles. The fourth-order valence-corrected chi connectivity index (χ4v) is 2.59. The van der Waals surface area contributed by atoms with Crippen molar-refractivity contribution in [2.24, 2.45) is 5.10 Å². The van der Waals surface area contributed by atoms with E-state index in [0.717, 1.165) is 22.0 Å². The van der Waals surface area contributed by atoms with E-state index in [1.54, 1.807) is 23.3 Å². The van der Waals surface area contributed by atoms with Crippen LogP contribution in [0.25, 0.3) is 22.3 Å². The zero-order chi connectivity index (χ0) is 15.6. The molecule has 0 amide bonds. The van der Waals surface area contributed by atoms with Gasteiger partial charge in [-0.15, -0.1) is 0 Å². The Balaban J connectivity index is 1.78. The molecule has 1 aromatic carbocycles. The van der Waals surface area contributed by atoms with Gasteiger partial charge in [-0.1, -0.05) is 18.2 Å². The Labute approximate surface area is 136 Å². The highest BCUT2D eigenvalue weighted by molar-refractivity contribution is 7.71. The van der Waals surface area contributed by atoms with Gasteiger partial charge in [0, 0.05) is 40.6 Å². The number of pyridine rings is 1. The Morgan fingerprint density at radius 3 is 2.83 bits per heavy atom. The molecule has 0 bridgehead atoms. The lowest BCUT2D eigenvalue weighted by molar-refractivity contribution is 0.871. The van der Waals surface area contributed by atoms with Crippen LogP contribution in [0.2, 0.25) is 0 Å². The quantitative estimate of drug-likeness (QED) is 0.449. The van der Waals surface area contributed by atoms with Gasteiger partial charge in [0.25, 0.3) is 0 Å². The summed E-state index contributed by atoms with van der Waals surface area (Å²) in [6.45, 7) is 0. The van der Waals surface area contributed by atoms with Crippen molar-refractivity contribution in [2.45, 2.75) is 0 Å². The minimum absolute atomic E-state index is 0.438. The largest absolute Gasteiger partial charge is 0.361 e. The normalized spacial score (nSPS) is 11.5. The summed E-state index contributed by atoms with van der Waals surface area (Å²) < 4.78 is 2.04. The molecule has 4 aromatic rings. The molecular weight excluding hydrogens is 308 g/mol. The van der Waals surface area contributed by atoms with Gasteiger partial charge < -0.3 is 4.98 Å². The summed E-state index contributed by atoms with van der Waals surface area (Å²) >= 11 is 5.27. The van der Waals surface area contributed by atoms with Crippen LogP contribution in [-0.2, 0) is 0 Å². The van der Waals surface area contributed by atoms with Crippen molar-refractivity contribution in [2.75, 3.05) is 0 Å². The highest BCUT2D eigenvalue weighted by atomic mass is 32.1. The van der Waals surface area contributed by atoms with Crippen LogP contribution in [0.15, 0.2) is 60.1 Å². The van der Waals surface area contributed by atoms with Gasteiger partial charge in [0.05, 0.1) is 6.21 Å². The molecule has 0 fully saturated rings. The van der Waals surface area contributed by atoms with E-state index in [4.69, 9.17) is 12.2 Å². The molecule has 0 unspecified atom stereocenters. The molecule has 6 nitrogen and oxygen atoms in total. The summed E-state index contributed by atoms with van der Waals surface area (Å²) in [6.07, 6.45) is 7.11. The third-order valence-electron chi connectivity index (χ3n) is 3.52. The van der Waals surface area contributed by atoms with E-state index >= 15 is 0 Å². The standard InChI is InChI=1S/C16H12N6S/c23-16-21-20-15(11-5-7-17-8-6-11)22(16)19-10-12-9-18-14-4-2-1-3-13(12)14/h1-10,18H,(H,21,23). The van der Waals surface area contributed by atoms with E-state index in [0.29, 0.717) is 10.6 Å². The Kier molecular flexibility index (Phi) is 3.32. The maximum Gasteiger partial charge on any atom is 0.216 e. The van der Waals surface area contributed by atoms with Crippen molar-refractivity contribution in [1.29, 1.82) is 0 Å². The lowest BCUT2D eigenvalue weighted by Gasteiger charge is -1.99. The first-order chi connectivity index (χ1) is 11.3. The first-order valence-electron chi connectivity index (χ1n) is 7.01. The molecule has 2 N–H and O–H groups in total. The van der Waals surface area contributed by atoms with Crippen molar-refractivity contribution >= 4 is 29.3 Å². The number of aromatic amines is 2. The number of nitrogens with one attached hydrogen (secondary N) is 2. The topological polar surface area (TPSA) is 74.7 Å². The predicted molar refractivity (Wildman–Crippen MR) is 91.9 cm³/mol. The second-order valence-electron chi connectivity index (χ2n) is 4.93. The lowest BCUT2D eigenvalue weighted by Crippen LogP contribution is -1.94. The maximum atomic E-state index is 5.27. The van der Waals surface area contributed by atoms with Crippen LogP contribution in [-0.4, -0.2) is 31.1 Å². The van der Waals surface area contributed by atoms with E-state index in [2.05, 4.69) is 25.3 Å². The van der Waals surface area contributed by atoms with Gasteiger partial charge in [-0.3, -0.25) is 4.98 Å². The van der Waals surface area contributed by atoms with E-state index in [1.165, 1.54) is 0 Å². The molecule has 0 saturated carbocycles. The molecule has 7 heteroatoms. The highest BCUT2D eigenvalue weighted by Crippen LogP contribution is 2.18. The number of rotatable bonds is 3. The monoisotopic (exact) mass is 320 g/mol. The average Bonchev–Trinajstić information content (AvgIpc) is 3.17. The molecule has 3 aromatic heterocycles. The van der Waals surface area contributed by atoms with Crippen molar-refractivity contribution < 1.29 is 0 Å².